The van der Waals surface area contributed by atoms with Crippen molar-refractivity contribution in [1.82, 2.24) is 5.01 Å². The summed E-state index contributed by atoms with van der Waals surface area (Å²) >= 11 is 0. The fourth-order valence-corrected chi connectivity index (χ4v) is 6.37. The van der Waals surface area contributed by atoms with Gasteiger partial charge in [-0.05, 0) is 49.4 Å². The molecule has 3 aliphatic rings. The maximum Gasteiger partial charge on any atom is 0.345 e. The summed E-state index contributed by atoms with van der Waals surface area (Å²) in [5.41, 5.74) is 2.81. The molecule has 0 atom stereocenters. The lowest BCUT2D eigenvalue weighted by Crippen LogP contribution is -2.47. The first-order valence-corrected chi connectivity index (χ1v) is 14.6. The van der Waals surface area contributed by atoms with Crippen LogP contribution >= 0.6 is 0 Å². The molecule has 2 aliphatic carbocycles. The number of hydrogen-bond donors (Lipinski definition) is 2. The molecule has 0 saturated heterocycles. The molecule has 41 heavy (non-hydrogen) atoms. The Morgan fingerprint density at radius 2 is 1.71 bits per heavy atom. The number of carbonyl (C=O) groups is 4. The van der Waals surface area contributed by atoms with Crippen molar-refractivity contribution in [2.24, 2.45) is 16.4 Å². The van der Waals surface area contributed by atoms with Crippen molar-refractivity contribution in [1.29, 1.82) is 0 Å². The van der Waals surface area contributed by atoms with Gasteiger partial charge in [-0.25, -0.2) is 9.80 Å². The van der Waals surface area contributed by atoms with E-state index in [1.54, 1.807) is 24.3 Å². The van der Waals surface area contributed by atoms with Crippen LogP contribution < -0.4 is 10.2 Å². The quantitative estimate of drug-likeness (QED) is 0.414. The molecule has 0 spiro atoms. The summed E-state index contributed by atoms with van der Waals surface area (Å²) in [5, 5.41) is 17.9. The smallest absolute Gasteiger partial charge is 0.345 e. The van der Waals surface area contributed by atoms with Crippen molar-refractivity contribution < 1.29 is 24.3 Å². The number of carbonyl (C=O) groups excluding carboxylic acids is 3. The molecular formula is C32H38N4O5. The van der Waals surface area contributed by atoms with E-state index >= 15 is 0 Å². The van der Waals surface area contributed by atoms with Gasteiger partial charge in [-0.1, -0.05) is 69.4 Å². The molecule has 2 fully saturated rings. The number of hydrogen-bond acceptors (Lipinski definition) is 5. The van der Waals surface area contributed by atoms with E-state index in [9.17, 15) is 19.2 Å². The number of carboxylic acid groups (broad SMARTS) is 1. The van der Waals surface area contributed by atoms with Crippen LogP contribution in [0.5, 0.6) is 0 Å². The zero-order valence-electron chi connectivity index (χ0n) is 23.6. The second kappa shape index (κ2) is 12.2. The number of para-hydroxylation sites is 1. The lowest BCUT2D eigenvalue weighted by molar-refractivity contribution is -0.136. The zero-order valence-corrected chi connectivity index (χ0v) is 23.6. The van der Waals surface area contributed by atoms with Crippen molar-refractivity contribution in [2.75, 3.05) is 23.3 Å². The third-order valence-electron chi connectivity index (χ3n) is 8.68. The molecule has 2 aromatic carbocycles. The highest BCUT2D eigenvalue weighted by Gasteiger charge is 2.40. The molecular weight excluding hydrogens is 520 g/mol. The van der Waals surface area contributed by atoms with Crippen molar-refractivity contribution in [3.63, 3.8) is 0 Å². The Kier molecular flexibility index (Phi) is 8.52. The number of nitrogens with zero attached hydrogens (tertiary/aromatic N) is 3. The predicted molar refractivity (Wildman–Crippen MR) is 157 cm³/mol. The van der Waals surface area contributed by atoms with Crippen LogP contribution in [0.3, 0.4) is 0 Å². The predicted octanol–water partition coefficient (Wildman–Crippen LogP) is 5.63. The summed E-state index contributed by atoms with van der Waals surface area (Å²) in [4.78, 5) is 53.6. The average molecular weight is 559 g/mol. The Bertz CT molecular complexity index is 1360. The molecule has 2 N–H and O–H groups in total. The normalized spacial score (nSPS) is 18.9. The summed E-state index contributed by atoms with van der Waals surface area (Å²) in [6.45, 7) is 1.58. The third-order valence-corrected chi connectivity index (χ3v) is 8.68. The average Bonchev–Trinajstić information content (AvgIpc) is 3.37. The number of anilines is 2. The van der Waals surface area contributed by atoms with Gasteiger partial charge in [0.25, 0.3) is 0 Å². The van der Waals surface area contributed by atoms with Gasteiger partial charge in [0.05, 0.1) is 24.4 Å². The monoisotopic (exact) mass is 558 g/mol. The lowest BCUT2D eigenvalue weighted by atomic mass is 9.82. The highest BCUT2D eigenvalue weighted by molar-refractivity contribution is 6.13. The number of amides is 3. The van der Waals surface area contributed by atoms with Crippen LogP contribution in [0.4, 0.5) is 16.2 Å². The molecule has 9 nitrogen and oxygen atoms in total. The Labute approximate surface area is 240 Å². The molecule has 0 aromatic heterocycles. The first-order valence-electron chi connectivity index (χ1n) is 14.6. The second-order valence-corrected chi connectivity index (χ2v) is 11.8. The summed E-state index contributed by atoms with van der Waals surface area (Å²) in [6.07, 6.45) is 8.69. The van der Waals surface area contributed by atoms with Crippen LogP contribution in [0.2, 0.25) is 0 Å². The fourth-order valence-electron chi connectivity index (χ4n) is 6.37. The van der Waals surface area contributed by atoms with Crippen LogP contribution in [0, 0.1) is 11.3 Å². The van der Waals surface area contributed by atoms with E-state index < -0.39 is 23.3 Å². The number of ketones is 1. The van der Waals surface area contributed by atoms with Gasteiger partial charge >= 0.3 is 12.0 Å². The third kappa shape index (κ3) is 6.50. The van der Waals surface area contributed by atoms with Gasteiger partial charge in [0.1, 0.15) is 6.54 Å². The summed E-state index contributed by atoms with van der Waals surface area (Å²) in [6, 6.07) is 13.8. The van der Waals surface area contributed by atoms with Crippen LogP contribution in [-0.4, -0.2) is 52.6 Å². The Morgan fingerprint density at radius 1 is 0.976 bits per heavy atom. The highest BCUT2D eigenvalue weighted by Crippen LogP contribution is 2.40. The minimum Gasteiger partial charge on any atom is -0.481 e. The Hall–Kier alpha value is -4.01. The van der Waals surface area contributed by atoms with E-state index in [0.29, 0.717) is 16.9 Å². The van der Waals surface area contributed by atoms with Gasteiger partial charge in [-0.15, -0.1) is 0 Å². The standard InChI is InChI=1S/C32H38N4O5/c1-32(16-7-8-17-32)27(37)20-35-26-15-6-5-14-25(26)30(23-11-3-2-4-12-23)34-36(31(35)41)21-28(38)33-24-13-9-10-22(18-24)19-29(39)40/h5-6,9-10,13-15,18,23H,2-4,7-8,11-12,16-17,19-21H2,1H3,(H,33,38)(H,39,40). The zero-order chi connectivity index (χ0) is 29.0. The van der Waals surface area contributed by atoms with Gasteiger partial charge in [-0.2, -0.15) is 5.10 Å². The number of benzene rings is 2. The summed E-state index contributed by atoms with van der Waals surface area (Å²) in [5.74, 6) is -1.25. The summed E-state index contributed by atoms with van der Waals surface area (Å²) < 4.78 is 0. The van der Waals surface area contributed by atoms with Crippen LogP contribution in [-0.2, 0) is 20.8 Å². The molecule has 2 aromatic rings. The van der Waals surface area contributed by atoms with E-state index in [0.717, 1.165) is 69.1 Å². The van der Waals surface area contributed by atoms with Crippen LogP contribution in [0.1, 0.15) is 75.8 Å². The molecule has 0 bridgehead atoms. The van der Waals surface area contributed by atoms with Crippen molar-refractivity contribution in [3.8, 4) is 0 Å². The highest BCUT2D eigenvalue weighted by atomic mass is 16.4. The Balaban J connectivity index is 1.45. The molecule has 5 rings (SSSR count). The molecule has 0 unspecified atom stereocenters. The lowest BCUT2D eigenvalue weighted by Gasteiger charge is -2.29. The van der Waals surface area contributed by atoms with Crippen LogP contribution in [0.15, 0.2) is 53.6 Å². The molecule has 3 amide bonds. The number of Topliss-reactive ketones (excluding diaryl/α,β-unsaturated/α-hetero) is 1. The molecule has 0 radical (unpaired) electrons. The number of rotatable bonds is 9. The maximum atomic E-state index is 14.1. The first-order chi connectivity index (χ1) is 19.7. The van der Waals surface area contributed by atoms with E-state index in [1.807, 2.05) is 31.2 Å². The van der Waals surface area contributed by atoms with Crippen LogP contribution in [0.25, 0.3) is 0 Å². The van der Waals surface area contributed by atoms with Crippen molar-refractivity contribution >= 4 is 40.8 Å². The van der Waals surface area contributed by atoms with E-state index in [2.05, 4.69) is 5.32 Å². The van der Waals surface area contributed by atoms with E-state index in [-0.39, 0.29) is 31.2 Å². The van der Waals surface area contributed by atoms with Gasteiger partial charge in [0, 0.05) is 22.6 Å². The summed E-state index contributed by atoms with van der Waals surface area (Å²) in [7, 11) is 0. The number of fused-ring (bicyclic) bond motifs is 1. The number of aliphatic carboxylic acids is 1. The van der Waals surface area contributed by atoms with Crippen molar-refractivity contribution in [2.45, 2.75) is 71.1 Å². The van der Waals surface area contributed by atoms with Gasteiger partial charge in [0.15, 0.2) is 5.78 Å². The molecule has 9 heteroatoms. The fraction of sp³-hybridized carbons (Fsp3) is 0.469. The Morgan fingerprint density at radius 3 is 2.44 bits per heavy atom. The number of urea groups is 1. The molecule has 2 saturated carbocycles. The minimum absolute atomic E-state index is 0.0268. The van der Waals surface area contributed by atoms with Gasteiger partial charge < -0.3 is 10.4 Å². The second-order valence-electron chi connectivity index (χ2n) is 11.8. The van der Waals surface area contributed by atoms with Crippen molar-refractivity contribution in [3.05, 3.63) is 59.7 Å². The number of nitrogens with one attached hydrogen (secondary N) is 1. The first kappa shape index (κ1) is 28.5. The largest absolute Gasteiger partial charge is 0.481 e. The number of hydrazone groups is 1. The van der Waals surface area contributed by atoms with Gasteiger partial charge in [0.2, 0.25) is 5.91 Å². The molecule has 1 heterocycles. The van der Waals surface area contributed by atoms with E-state index in [1.165, 1.54) is 9.91 Å². The molecule has 1 aliphatic heterocycles. The minimum atomic E-state index is -0.964. The van der Waals surface area contributed by atoms with Gasteiger partial charge in [-0.3, -0.25) is 19.3 Å². The maximum absolute atomic E-state index is 14.1. The van der Waals surface area contributed by atoms with E-state index in [4.69, 9.17) is 10.2 Å². The molecule has 216 valence electrons. The number of carboxylic acids is 1. The SMILES string of the molecule is CC1(C(=O)CN2C(=O)N(CC(=O)Nc3cccc(CC(=O)O)c3)N=C(C3CCCCC3)c3ccccc32)CCCC1. The topological polar surface area (TPSA) is 119 Å².